The van der Waals surface area contributed by atoms with Crippen molar-refractivity contribution in [3.8, 4) is 0 Å². The van der Waals surface area contributed by atoms with Crippen molar-refractivity contribution in [3.05, 3.63) is 11.8 Å². The van der Waals surface area contributed by atoms with Gasteiger partial charge in [-0.3, -0.25) is 0 Å². The molecule has 0 aromatic heterocycles. The van der Waals surface area contributed by atoms with E-state index < -0.39 is 5.60 Å². The second-order valence-corrected chi connectivity index (χ2v) is 5.65. The molecular weight excluding hydrogens is 260 g/mol. The summed E-state index contributed by atoms with van der Waals surface area (Å²) in [6, 6.07) is 0. The number of ether oxygens (including phenoxy) is 1. The monoisotopic (exact) mass is 280 g/mol. The van der Waals surface area contributed by atoms with Crippen LogP contribution in [0.5, 0.6) is 0 Å². The molecular formula is C12H20N6O2. The maximum absolute atomic E-state index is 10.4. The molecule has 0 aliphatic carbocycles. The number of nitrogens with one attached hydrogen (secondary N) is 2. The van der Waals surface area contributed by atoms with Crippen molar-refractivity contribution < 1.29 is 9.84 Å². The van der Waals surface area contributed by atoms with Crippen molar-refractivity contribution in [1.82, 2.24) is 15.8 Å². The molecule has 0 saturated carbocycles. The Balaban J connectivity index is 1.89. The van der Waals surface area contributed by atoms with Gasteiger partial charge in [0.15, 0.2) is 6.17 Å². The molecule has 20 heavy (non-hydrogen) atoms. The summed E-state index contributed by atoms with van der Waals surface area (Å²) in [5.74, 6) is 0.972. The molecule has 8 nitrogen and oxygen atoms in total. The normalized spacial score (nSPS) is 36.8. The summed E-state index contributed by atoms with van der Waals surface area (Å²) in [6.45, 7) is 2.97. The third kappa shape index (κ3) is 2.37. The van der Waals surface area contributed by atoms with Crippen LogP contribution >= 0.6 is 0 Å². The number of amidine groups is 1. The first-order valence-electron chi connectivity index (χ1n) is 6.62. The van der Waals surface area contributed by atoms with Crippen molar-refractivity contribution in [1.29, 1.82) is 0 Å². The molecule has 5 N–H and O–H groups in total. The van der Waals surface area contributed by atoms with Gasteiger partial charge in [0.2, 0.25) is 5.96 Å². The number of rotatable bonds is 1. The molecule has 0 aromatic carbocycles. The number of nitrogens with two attached hydrogens (primary N) is 1. The van der Waals surface area contributed by atoms with Crippen LogP contribution in [-0.4, -0.2) is 59.9 Å². The van der Waals surface area contributed by atoms with Gasteiger partial charge in [-0.25, -0.2) is 10.4 Å². The number of nitrogens with zero attached hydrogens (tertiary/aromatic N) is 3. The maximum atomic E-state index is 10.4. The SMILES string of the molecule is COC1CN(C2=NC(N)=NC3NNC=C23)C[C@@](C)(O)C1. The molecule has 8 heteroatoms. The molecule has 3 atom stereocenters. The van der Waals surface area contributed by atoms with Crippen molar-refractivity contribution in [2.75, 3.05) is 20.2 Å². The van der Waals surface area contributed by atoms with E-state index in [1.54, 1.807) is 7.11 Å². The van der Waals surface area contributed by atoms with Gasteiger partial charge in [-0.05, 0) is 6.92 Å². The van der Waals surface area contributed by atoms with Gasteiger partial charge in [0, 0.05) is 32.8 Å². The quantitative estimate of drug-likeness (QED) is 0.466. The minimum Gasteiger partial charge on any atom is -0.388 e. The number of aliphatic hydroxyl groups is 1. The highest BCUT2D eigenvalue weighted by Crippen LogP contribution is 2.26. The zero-order valence-electron chi connectivity index (χ0n) is 11.6. The molecule has 3 rings (SSSR count). The van der Waals surface area contributed by atoms with Gasteiger partial charge in [-0.15, -0.1) is 0 Å². The average molecular weight is 280 g/mol. The Morgan fingerprint density at radius 1 is 1.60 bits per heavy atom. The molecule has 1 saturated heterocycles. The van der Waals surface area contributed by atoms with E-state index in [1.807, 2.05) is 18.0 Å². The van der Waals surface area contributed by atoms with Gasteiger partial charge in [0.05, 0.1) is 17.3 Å². The van der Waals surface area contributed by atoms with Crippen LogP contribution in [0.25, 0.3) is 0 Å². The lowest BCUT2D eigenvalue weighted by molar-refractivity contribution is -0.0631. The van der Waals surface area contributed by atoms with E-state index in [1.165, 1.54) is 0 Å². The lowest BCUT2D eigenvalue weighted by Gasteiger charge is -2.43. The Labute approximate surface area is 117 Å². The number of hydrogen-bond donors (Lipinski definition) is 4. The zero-order valence-corrected chi connectivity index (χ0v) is 11.6. The molecule has 0 radical (unpaired) electrons. The number of likely N-dealkylation sites (tertiary alicyclic amines) is 1. The number of hydrogen-bond acceptors (Lipinski definition) is 8. The smallest absolute Gasteiger partial charge is 0.219 e. The summed E-state index contributed by atoms with van der Waals surface area (Å²) in [7, 11) is 1.66. The predicted octanol–water partition coefficient (Wildman–Crippen LogP) is -1.50. The molecule has 3 aliphatic heterocycles. The minimum absolute atomic E-state index is 0.0390. The first-order chi connectivity index (χ1) is 9.48. The third-order valence-electron chi connectivity index (χ3n) is 3.74. The first kappa shape index (κ1) is 13.3. The fourth-order valence-electron chi connectivity index (χ4n) is 2.89. The summed E-state index contributed by atoms with van der Waals surface area (Å²) in [5.41, 5.74) is 11.8. The average Bonchev–Trinajstić information content (AvgIpc) is 2.83. The van der Waals surface area contributed by atoms with E-state index in [-0.39, 0.29) is 18.2 Å². The van der Waals surface area contributed by atoms with Crippen LogP contribution in [0.15, 0.2) is 21.8 Å². The van der Waals surface area contributed by atoms with Crippen LogP contribution in [0.1, 0.15) is 13.3 Å². The van der Waals surface area contributed by atoms with Crippen LogP contribution < -0.4 is 16.6 Å². The third-order valence-corrected chi connectivity index (χ3v) is 3.74. The number of β-amino-alcohol motifs (C(OH)–C–C–N with tert-alkyl or cyclic N) is 1. The van der Waals surface area contributed by atoms with E-state index in [9.17, 15) is 5.11 Å². The Bertz CT molecular complexity index is 498. The molecule has 110 valence electrons. The molecule has 0 spiro atoms. The molecule has 0 amide bonds. The van der Waals surface area contributed by atoms with Crippen LogP contribution in [0, 0.1) is 0 Å². The number of piperidine rings is 1. The predicted molar refractivity (Wildman–Crippen MR) is 74.8 cm³/mol. The minimum atomic E-state index is -0.819. The van der Waals surface area contributed by atoms with Crippen molar-refractivity contribution >= 4 is 11.8 Å². The van der Waals surface area contributed by atoms with E-state index in [4.69, 9.17) is 10.5 Å². The standard InChI is InChI=1S/C12H20N6O2/c1-12(19)3-7(20-2)5-18(6-12)10-8-4-14-17-9(8)15-11(13)16-10/h4,7,9,14,17,19H,3,5-6H2,1-2H3,(H2,13,15)/t7?,9?,12-/m0/s1. The molecule has 3 aliphatic rings. The number of fused-ring (bicyclic) bond motifs is 1. The van der Waals surface area contributed by atoms with Crippen LogP contribution in [0.3, 0.4) is 0 Å². The number of aliphatic imine (C=N–C) groups is 2. The second kappa shape index (κ2) is 4.72. The molecule has 0 aromatic rings. The Morgan fingerprint density at radius 2 is 2.40 bits per heavy atom. The molecule has 2 unspecified atom stereocenters. The van der Waals surface area contributed by atoms with Crippen molar-refractivity contribution in [3.63, 3.8) is 0 Å². The van der Waals surface area contributed by atoms with Gasteiger partial charge in [-0.2, -0.15) is 4.99 Å². The molecule has 1 fully saturated rings. The second-order valence-electron chi connectivity index (χ2n) is 5.65. The van der Waals surface area contributed by atoms with E-state index in [0.29, 0.717) is 19.5 Å². The maximum Gasteiger partial charge on any atom is 0.219 e. The summed E-state index contributed by atoms with van der Waals surface area (Å²) < 4.78 is 5.42. The van der Waals surface area contributed by atoms with Crippen molar-refractivity contribution in [2.45, 2.75) is 31.2 Å². The summed E-state index contributed by atoms with van der Waals surface area (Å²) in [5, 5.41) is 10.4. The largest absolute Gasteiger partial charge is 0.388 e. The van der Waals surface area contributed by atoms with Gasteiger partial charge >= 0.3 is 0 Å². The summed E-state index contributed by atoms with van der Waals surface area (Å²) in [4.78, 5) is 10.6. The zero-order chi connectivity index (χ0) is 14.3. The van der Waals surface area contributed by atoms with Gasteiger partial charge in [0.1, 0.15) is 5.84 Å². The highest BCUT2D eigenvalue weighted by atomic mass is 16.5. The van der Waals surface area contributed by atoms with Crippen molar-refractivity contribution in [2.24, 2.45) is 15.7 Å². The Morgan fingerprint density at radius 3 is 3.15 bits per heavy atom. The van der Waals surface area contributed by atoms with E-state index >= 15 is 0 Å². The van der Waals surface area contributed by atoms with Gasteiger partial charge in [0.25, 0.3) is 0 Å². The fraction of sp³-hybridized carbons (Fsp3) is 0.667. The Hall–Kier alpha value is -1.64. The highest BCUT2D eigenvalue weighted by Gasteiger charge is 2.39. The molecule has 0 bridgehead atoms. The van der Waals surface area contributed by atoms with E-state index in [0.717, 1.165) is 11.4 Å². The number of hydrazine groups is 1. The topological polar surface area (TPSA) is 108 Å². The molecule has 3 heterocycles. The lowest BCUT2D eigenvalue weighted by Crippen LogP contribution is -2.56. The van der Waals surface area contributed by atoms with Gasteiger partial charge < -0.3 is 25.9 Å². The lowest BCUT2D eigenvalue weighted by atomic mass is 9.92. The summed E-state index contributed by atoms with van der Waals surface area (Å²) >= 11 is 0. The first-order valence-corrected chi connectivity index (χ1v) is 6.62. The fourth-order valence-corrected chi connectivity index (χ4v) is 2.89. The number of guanidine groups is 1. The van der Waals surface area contributed by atoms with Crippen LogP contribution in [-0.2, 0) is 4.74 Å². The van der Waals surface area contributed by atoms with E-state index in [2.05, 4.69) is 20.8 Å². The van der Waals surface area contributed by atoms with Gasteiger partial charge in [-0.1, -0.05) is 0 Å². The Kier molecular flexibility index (Phi) is 3.15. The highest BCUT2D eigenvalue weighted by molar-refractivity contribution is 6.08. The summed E-state index contributed by atoms with van der Waals surface area (Å²) in [6.07, 6.45) is 2.17. The number of methoxy groups -OCH3 is 1. The van der Waals surface area contributed by atoms with Crippen LogP contribution in [0.2, 0.25) is 0 Å². The van der Waals surface area contributed by atoms with Crippen LogP contribution in [0.4, 0.5) is 0 Å².